The first-order valence-electron chi connectivity index (χ1n) is 11.0. The van der Waals surface area contributed by atoms with Crippen LogP contribution in [0.4, 0.5) is 13.2 Å². The number of hydrogen-bond donors (Lipinski definition) is 0. The minimum absolute atomic E-state index is 0.0142. The van der Waals surface area contributed by atoms with Gasteiger partial charge in [-0.1, -0.05) is 19.9 Å². The van der Waals surface area contributed by atoms with Crippen molar-refractivity contribution in [2.45, 2.75) is 32.9 Å². The number of aromatic nitrogens is 4. The molecule has 0 radical (unpaired) electrons. The molecular formula is C26H22F3N5O2. The second kappa shape index (κ2) is 9.00. The van der Waals surface area contributed by atoms with Gasteiger partial charge in [-0.3, -0.25) is 13.9 Å². The molecule has 0 fully saturated rings. The Morgan fingerprint density at radius 3 is 2.28 bits per heavy atom. The molecule has 4 aromatic rings. The van der Waals surface area contributed by atoms with E-state index in [1.165, 1.54) is 26.1 Å². The van der Waals surface area contributed by atoms with Crippen LogP contribution < -0.4 is 11.2 Å². The maximum absolute atomic E-state index is 13.5. The molecule has 0 saturated carbocycles. The molecular weight excluding hydrogens is 471 g/mol. The molecule has 36 heavy (non-hydrogen) atoms. The van der Waals surface area contributed by atoms with Gasteiger partial charge in [0.1, 0.15) is 0 Å². The molecule has 0 N–H and O–H groups in total. The first-order chi connectivity index (χ1) is 17.0. The lowest BCUT2D eigenvalue weighted by molar-refractivity contribution is -0.137. The topological polar surface area (TPSA) is 85.6 Å². The zero-order valence-electron chi connectivity index (χ0n) is 20.0. The minimum atomic E-state index is -4.60. The molecule has 184 valence electrons. The van der Waals surface area contributed by atoms with Crippen LogP contribution in [-0.4, -0.2) is 18.9 Å². The van der Waals surface area contributed by atoms with E-state index in [2.05, 4.69) is 5.10 Å². The fourth-order valence-electron chi connectivity index (χ4n) is 4.12. The van der Waals surface area contributed by atoms with Crippen molar-refractivity contribution in [3.8, 4) is 28.7 Å². The van der Waals surface area contributed by atoms with Gasteiger partial charge in [-0.25, -0.2) is 9.48 Å². The number of hydrogen-bond acceptors (Lipinski definition) is 4. The van der Waals surface area contributed by atoms with Crippen LogP contribution >= 0.6 is 0 Å². The number of nitrogens with zero attached hydrogens (tertiary/aromatic N) is 5. The Kier molecular flexibility index (Phi) is 6.18. The van der Waals surface area contributed by atoms with E-state index in [-0.39, 0.29) is 22.9 Å². The van der Waals surface area contributed by atoms with Gasteiger partial charge in [-0.05, 0) is 55.3 Å². The molecule has 0 saturated heterocycles. The third-order valence-electron chi connectivity index (χ3n) is 6.02. The van der Waals surface area contributed by atoms with E-state index in [1.807, 2.05) is 19.9 Å². The third-order valence-corrected chi connectivity index (χ3v) is 6.02. The molecule has 0 aliphatic heterocycles. The molecule has 0 aliphatic rings. The monoisotopic (exact) mass is 493 g/mol. The molecule has 7 nitrogen and oxygen atoms in total. The lowest BCUT2D eigenvalue weighted by atomic mass is 9.99. The summed E-state index contributed by atoms with van der Waals surface area (Å²) in [5.74, 6) is -0.0647. The fraction of sp³-hybridized carbons (Fsp3) is 0.231. The second-order valence-electron chi connectivity index (χ2n) is 8.66. The van der Waals surface area contributed by atoms with Gasteiger partial charge in [0.15, 0.2) is 0 Å². The van der Waals surface area contributed by atoms with Gasteiger partial charge in [0, 0.05) is 18.3 Å². The minimum Gasteiger partial charge on any atom is -0.268 e. The smallest absolute Gasteiger partial charge is 0.268 e. The highest BCUT2D eigenvalue weighted by atomic mass is 19.4. The van der Waals surface area contributed by atoms with Gasteiger partial charge in [0.05, 0.1) is 46.0 Å². The molecule has 0 unspecified atom stereocenters. The predicted octanol–water partition coefficient (Wildman–Crippen LogP) is 4.71. The molecule has 2 heterocycles. The van der Waals surface area contributed by atoms with Crippen molar-refractivity contribution in [1.29, 1.82) is 5.26 Å². The number of rotatable bonds is 4. The van der Waals surface area contributed by atoms with Crippen LogP contribution in [0.5, 0.6) is 0 Å². The number of halogens is 3. The normalized spacial score (nSPS) is 11.6. The molecule has 10 heteroatoms. The lowest BCUT2D eigenvalue weighted by Gasteiger charge is -2.19. The van der Waals surface area contributed by atoms with Crippen molar-refractivity contribution in [3.63, 3.8) is 0 Å². The van der Waals surface area contributed by atoms with Gasteiger partial charge in [0.2, 0.25) is 0 Å². The van der Waals surface area contributed by atoms with Crippen LogP contribution in [0, 0.1) is 18.3 Å². The van der Waals surface area contributed by atoms with E-state index in [0.717, 1.165) is 21.3 Å². The first-order valence-corrected chi connectivity index (χ1v) is 11.0. The van der Waals surface area contributed by atoms with Crippen molar-refractivity contribution < 1.29 is 13.2 Å². The molecule has 0 bridgehead atoms. The second-order valence-corrected chi connectivity index (χ2v) is 8.66. The fourth-order valence-corrected chi connectivity index (χ4v) is 4.12. The van der Waals surface area contributed by atoms with Gasteiger partial charge >= 0.3 is 11.9 Å². The molecule has 4 rings (SSSR count). The van der Waals surface area contributed by atoms with Crippen LogP contribution in [-0.2, 0) is 13.2 Å². The standard InChI is InChI=1S/C26H22F3N5O2/c1-15(2)21-14-31-34(19-10-8-17(13-30)9-11-19)23(21)22-16(3)33(25(36)32(4)24(22)35)20-7-5-6-18(12-20)26(27,28)29/h5-12,14-15H,1-4H3. The van der Waals surface area contributed by atoms with Crippen molar-refractivity contribution >= 4 is 0 Å². The number of nitriles is 1. The van der Waals surface area contributed by atoms with E-state index in [9.17, 15) is 22.8 Å². The van der Waals surface area contributed by atoms with E-state index >= 15 is 0 Å². The third kappa shape index (κ3) is 4.13. The molecule has 0 spiro atoms. The first kappa shape index (κ1) is 24.7. The highest BCUT2D eigenvalue weighted by Gasteiger charge is 2.31. The summed E-state index contributed by atoms with van der Waals surface area (Å²) < 4.78 is 43.7. The van der Waals surface area contributed by atoms with Crippen LogP contribution in [0.2, 0.25) is 0 Å². The van der Waals surface area contributed by atoms with Gasteiger partial charge in [0.25, 0.3) is 5.56 Å². The van der Waals surface area contributed by atoms with Crippen molar-refractivity contribution in [2.75, 3.05) is 0 Å². The Hall–Kier alpha value is -4.39. The van der Waals surface area contributed by atoms with Crippen LogP contribution in [0.15, 0.2) is 64.3 Å². The summed E-state index contributed by atoms with van der Waals surface area (Å²) >= 11 is 0. The quantitative estimate of drug-likeness (QED) is 0.412. The van der Waals surface area contributed by atoms with E-state index < -0.39 is 23.0 Å². The Morgan fingerprint density at radius 2 is 1.69 bits per heavy atom. The van der Waals surface area contributed by atoms with E-state index in [4.69, 9.17) is 5.26 Å². The maximum atomic E-state index is 13.5. The molecule has 0 atom stereocenters. The average molecular weight is 493 g/mol. The summed E-state index contributed by atoms with van der Waals surface area (Å²) in [6, 6.07) is 13.0. The summed E-state index contributed by atoms with van der Waals surface area (Å²) in [6.45, 7) is 5.37. The summed E-state index contributed by atoms with van der Waals surface area (Å²) in [6.07, 6.45) is -2.98. The van der Waals surface area contributed by atoms with Crippen LogP contribution in [0.1, 0.15) is 42.1 Å². The summed E-state index contributed by atoms with van der Waals surface area (Å²) in [5.41, 5.74) is 0.194. The largest absolute Gasteiger partial charge is 0.416 e. The summed E-state index contributed by atoms with van der Waals surface area (Å²) in [7, 11) is 1.29. The Bertz CT molecular complexity index is 1620. The Labute approximate surface area is 204 Å². The molecule has 2 aromatic heterocycles. The van der Waals surface area contributed by atoms with Crippen molar-refractivity contribution in [3.05, 3.63) is 98.0 Å². The van der Waals surface area contributed by atoms with Crippen molar-refractivity contribution in [2.24, 2.45) is 7.05 Å². The zero-order chi connectivity index (χ0) is 26.4. The molecule has 0 amide bonds. The number of alkyl halides is 3. The summed E-state index contributed by atoms with van der Waals surface area (Å²) in [4.78, 5) is 26.6. The highest BCUT2D eigenvalue weighted by Crippen LogP contribution is 2.33. The lowest BCUT2D eigenvalue weighted by Crippen LogP contribution is -2.40. The van der Waals surface area contributed by atoms with Crippen LogP contribution in [0.3, 0.4) is 0 Å². The predicted molar refractivity (Wildman–Crippen MR) is 128 cm³/mol. The van der Waals surface area contributed by atoms with Gasteiger partial charge < -0.3 is 0 Å². The highest BCUT2D eigenvalue weighted by molar-refractivity contribution is 5.68. The molecule has 0 aliphatic carbocycles. The van der Waals surface area contributed by atoms with Gasteiger partial charge in [-0.2, -0.15) is 23.5 Å². The maximum Gasteiger partial charge on any atom is 0.416 e. The summed E-state index contributed by atoms with van der Waals surface area (Å²) in [5, 5.41) is 13.6. The Balaban J connectivity index is 2.07. The molecule has 2 aromatic carbocycles. The van der Waals surface area contributed by atoms with E-state index in [1.54, 1.807) is 35.1 Å². The van der Waals surface area contributed by atoms with Crippen molar-refractivity contribution in [1.82, 2.24) is 18.9 Å². The van der Waals surface area contributed by atoms with Gasteiger partial charge in [-0.15, -0.1) is 0 Å². The Morgan fingerprint density at radius 1 is 1.03 bits per heavy atom. The average Bonchev–Trinajstić information content (AvgIpc) is 3.27. The van der Waals surface area contributed by atoms with Crippen LogP contribution in [0.25, 0.3) is 22.6 Å². The zero-order valence-corrected chi connectivity index (χ0v) is 20.0. The number of benzene rings is 2. The van der Waals surface area contributed by atoms with E-state index in [0.29, 0.717) is 22.5 Å². The SMILES string of the molecule is Cc1c(-c2c(C(C)C)cnn2-c2ccc(C#N)cc2)c(=O)n(C)c(=O)n1-c1cccc(C(F)(F)F)c1.